The number of benzene rings is 1. The molecule has 210 valence electrons. The van der Waals surface area contributed by atoms with Gasteiger partial charge in [0.05, 0.1) is 43.3 Å². The van der Waals surface area contributed by atoms with Gasteiger partial charge in [0.15, 0.2) is 0 Å². The summed E-state index contributed by atoms with van der Waals surface area (Å²) in [5.74, 6) is 0.133. The quantitative estimate of drug-likeness (QED) is 0.421. The minimum Gasteiger partial charge on any atom is -0.468 e. The number of halogens is 3. The SMILES string of the molecule is COC(=O)CN(C)Cc1cc(C(F)(F)F)c2cn(-c3cccc([C@@H](C4CCC4)C4NNCN4C)c3)c(=O)n2c1. The molecule has 1 saturated carbocycles. The van der Waals surface area contributed by atoms with E-state index >= 15 is 0 Å². The van der Waals surface area contributed by atoms with Crippen molar-refractivity contribution < 1.29 is 22.7 Å². The van der Waals surface area contributed by atoms with Gasteiger partial charge in [-0.3, -0.25) is 23.6 Å². The van der Waals surface area contributed by atoms with Crippen molar-refractivity contribution in [3.05, 3.63) is 69.9 Å². The van der Waals surface area contributed by atoms with E-state index in [2.05, 4.69) is 20.5 Å². The Kier molecular flexibility index (Phi) is 7.55. The van der Waals surface area contributed by atoms with Gasteiger partial charge in [-0.05, 0) is 62.2 Å². The summed E-state index contributed by atoms with van der Waals surface area (Å²) in [6, 6.07) is 8.56. The molecule has 0 radical (unpaired) electrons. The Bertz CT molecular complexity index is 1410. The maximum atomic E-state index is 14.1. The Hall–Kier alpha value is -3.19. The Labute approximate surface area is 224 Å². The van der Waals surface area contributed by atoms with Gasteiger partial charge in [0.1, 0.15) is 0 Å². The number of rotatable bonds is 8. The normalized spacial score (nSPS) is 19.5. The summed E-state index contributed by atoms with van der Waals surface area (Å²) in [7, 11) is 4.88. The number of nitrogens with one attached hydrogen (secondary N) is 2. The number of esters is 1. The molecule has 0 bridgehead atoms. The van der Waals surface area contributed by atoms with E-state index in [0.717, 1.165) is 28.9 Å². The van der Waals surface area contributed by atoms with Crippen LogP contribution in [0.3, 0.4) is 0 Å². The molecule has 1 aliphatic heterocycles. The second-order valence-corrected chi connectivity index (χ2v) is 10.5. The monoisotopic (exact) mass is 546 g/mol. The predicted molar refractivity (Wildman–Crippen MR) is 139 cm³/mol. The first-order valence-corrected chi connectivity index (χ1v) is 12.9. The fourth-order valence-corrected chi connectivity index (χ4v) is 5.64. The summed E-state index contributed by atoms with van der Waals surface area (Å²) in [6.45, 7) is 0.636. The summed E-state index contributed by atoms with van der Waals surface area (Å²) in [5, 5.41) is 0. The van der Waals surface area contributed by atoms with Crippen LogP contribution >= 0.6 is 0 Å². The molecule has 2 aliphatic rings. The molecular formula is C27H33F3N6O3. The van der Waals surface area contributed by atoms with Crippen molar-refractivity contribution in [1.82, 2.24) is 29.6 Å². The second kappa shape index (κ2) is 10.8. The molecule has 9 nitrogen and oxygen atoms in total. The van der Waals surface area contributed by atoms with Gasteiger partial charge in [-0.1, -0.05) is 18.6 Å². The number of alkyl halides is 3. The third-order valence-electron chi connectivity index (χ3n) is 7.79. The molecule has 1 aromatic carbocycles. The number of fused-ring (bicyclic) bond motifs is 1. The van der Waals surface area contributed by atoms with Gasteiger partial charge in [0.2, 0.25) is 0 Å². The first kappa shape index (κ1) is 27.4. The van der Waals surface area contributed by atoms with Gasteiger partial charge < -0.3 is 4.74 Å². The van der Waals surface area contributed by atoms with Crippen molar-refractivity contribution in [3.63, 3.8) is 0 Å². The number of hydrazine groups is 1. The first-order chi connectivity index (χ1) is 18.6. The second-order valence-electron chi connectivity index (χ2n) is 10.5. The highest BCUT2D eigenvalue weighted by Crippen LogP contribution is 2.42. The van der Waals surface area contributed by atoms with Crippen LogP contribution in [0.5, 0.6) is 0 Å². The Morgan fingerprint density at radius 1 is 1.23 bits per heavy atom. The maximum Gasteiger partial charge on any atom is 0.418 e. The van der Waals surface area contributed by atoms with E-state index in [1.54, 1.807) is 13.1 Å². The lowest BCUT2D eigenvalue weighted by Crippen LogP contribution is -2.44. The molecule has 1 unspecified atom stereocenters. The van der Waals surface area contributed by atoms with E-state index < -0.39 is 23.4 Å². The zero-order valence-electron chi connectivity index (χ0n) is 22.2. The van der Waals surface area contributed by atoms with Gasteiger partial charge in [0, 0.05) is 24.9 Å². The highest BCUT2D eigenvalue weighted by atomic mass is 19.4. The summed E-state index contributed by atoms with van der Waals surface area (Å²) in [5.41, 5.74) is 6.60. The minimum atomic E-state index is -4.68. The van der Waals surface area contributed by atoms with Crippen LogP contribution in [-0.2, 0) is 22.3 Å². The van der Waals surface area contributed by atoms with Gasteiger partial charge in [-0.15, -0.1) is 0 Å². The zero-order valence-corrected chi connectivity index (χ0v) is 22.2. The summed E-state index contributed by atoms with van der Waals surface area (Å²) in [6.07, 6.45) is 1.44. The van der Waals surface area contributed by atoms with Crippen molar-refractivity contribution in [2.45, 2.75) is 44.1 Å². The lowest BCUT2D eigenvalue weighted by atomic mass is 9.71. The number of imidazole rings is 1. The smallest absolute Gasteiger partial charge is 0.418 e. The molecule has 3 heterocycles. The van der Waals surface area contributed by atoms with Gasteiger partial charge in [0.25, 0.3) is 0 Å². The van der Waals surface area contributed by atoms with E-state index in [1.165, 1.54) is 35.4 Å². The molecule has 3 aromatic rings. The highest BCUT2D eigenvalue weighted by Gasteiger charge is 2.39. The number of pyridine rings is 1. The minimum absolute atomic E-state index is 0.0280. The fourth-order valence-electron chi connectivity index (χ4n) is 5.64. The lowest BCUT2D eigenvalue weighted by Gasteiger charge is -2.39. The summed E-state index contributed by atoms with van der Waals surface area (Å²) in [4.78, 5) is 28.8. The van der Waals surface area contributed by atoms with Crippen LogP contribution in [0.25, 0.3) is 11.2 Å². The van der Waals surface area contributed by atoms with Crippen LogP contribution in [-0.4, -0.2) is 65.3 Å². The van der Waals surface area contributed by atoms with Crippen LogP contribution in [0, 0.1) is 5.92 Å². The molecule has 1 saturated heterocycles. The van der Waals surface area contributed by atoms with E-state index in [-0.39, 0.29) is 36.3 Å². The topological polar surface area (TPSA) is 83.2 Å². The number of hydrogen-bond acceptors (Lipinski definition) is 7. The van der Waals surface area contributed by atoms with E-state index in [1.807, 2.05) is 25.2 Å². The Morgan fingerprint density at radius 3 is 2.62 bits per heavy atom. The Balaban J connectivity index is 1.55. The number of likely N-dealkylation sites (N-methyl/N-ethyl adjacent to an activating group) is 2. The van der Waals surface area contributed by atoms with Crippen LogP contribution in [0.15, 0.2) is 47.5 Å². The molecule has 2 N–H and O–H groups in total. The molecule has 0 spiro atoms. The number of hydrogen-bond donors (Lipinski definition) is 2. The van der Waals surface area contributed by atoms with Gasteiger partial charge in [-0.2, -0.15) is 13.2 Å². The molecule has 39 heavy (non-hydrogen) atoms. The first-order valence-electron chi connectivity index (χ1n) is 12.9. The third kappa shape index (κ3) is 5.46. The fraction of sp³-hybridized carbons (Fsp3) is 0.481. The number of ether oxygens (including phenoxy) is 1. The molecule has 2 atom stereocenters. The molecule has 12 heteroatoms. The largest absolute Gasteiger partial charge is 0.468 e. The van der Waals surface area contributed by atoms with Crippen molar-refractivity contribution in [2.24, 2.45) is 5.92 Å². The molecular weight excluding hydrogens is 513 g/mol. The third-order valence-corrected chi connectivity index (χ3v) is 7.79. The van der Waals surface area contributed by atoms with E-state index in [9.17, 15) is 22.8 Å². The Morgan fingerprint density at radius 2 is 2.00 bits per heavy atom. The van der Waals surface area contributed by atoms with Crippen LogP contribution in [0.2, 0.25) is 0 Å². The van der Waals surface area contributed by atoms with Crippen molar-refractivity contribution >= 4 is 11.5 Å². The molecule has 2 aromatic heterocycles. The van der Waals surface area contributed by atoms with Crippen molar-refractivity contribution in [3.8, 4) is 5.69 Å². The number of nitrogens with zero attached hydrogens (tertiary/aromatic N) is 4. The standard InChI is InChI=1S/C27H33F3N6O3/c1-33(15-23(37)39-3)12-17-10-21(27(28,29)30)22-14-35(26(38)36(22)13-17)20-9-5-8-19(11-20)24(18-6-4-7-18)25-32-31-16-34(25)2/h5,8-11,13-14,18,24-25,31-32H,4,6-7,12,15-16H2,1-3H3/t24-,25?/m1/s1. The van der Waals surface area contributed by atoms with Crippen molar-refractivity contribution in [2.75, 3.05) is 34.4 Å². The van der Waals surface area contributed by atoms with Gasteiger partial charge in [-0.25, -0.2) is 15.6 Å². The lowest BCUT2D eigenvalue weighted by molar-refractivity contribution is -0.142. The van der Waals surface area contributed by atoms with Crippen molar-refractivity contribution in [1.29, 1.82) is 0 Å². The van der Waals surface area contributed by atoms with Gasteiger partial charge >= 0.3 is 17.8 Å². The average Bonchev–Trinajstić information content (AvgIpc) is 3.43. The van der Waals surface area contributed by atoms with Crippen LogP contribution < -0.4 is 16.5 Å². The maximum absolute atomic E-state index is 14.1. The van der Waals surface area contributed by atoms with E-state index in [4.69, 9.17) is 0 Å². The number of carbonyl (C=O) groups excluding carboxylic acids is 1. The molecule has 5 rings (SSSR count). The predicted octanol–water partition coefficient (Wildman–Crippen LogP) is 2.92. The summed E-state index contributed by atoms with van der Waals surface area (Å²) >= 11 is 0. The molecule has 0 amide bonds. The molecule has 1 aliphatic carbocycles. The summed E-state index contributed by atoms with van der Waals surface area (Å²) < 4.78 is 49.3. The number of methoxy groups -OCH3 is 1. The number of carbonyl (C=O) groups is 1. The molecule has 2 fully saturated rings. The van der Waals surface area contributed by atoms with Crippen LogP contribution in [0.1, 0.15) is 41.9 Å². The number of aromatic nitrogens is 2. The highest BCUT2D eigenvalue weighted by molar-refractivity contribution is 5.71. The van der Waals surface area contributed by atoms with Crippen LogP contribution in [0.4, 0.5) is 13.2 Å². The van der Waals surface area contributed by atoms with E-state index in [0.29, 0.717) is 18.3 Å². The average molecular weight is 547 g/mol. The zero-order chi connectivity index (χ0) is 27.9.